The first-order valence-electron chi connectivity index (χ1n) is 10.0. The molecular formula is C23H23N3O5S2. The van der Waals surface area contributed by atoms with E-state index in [2.05, 4.69) is 9.82 Å². The van der Waals surface area contributed by atoms with Crippen LogP contribution in [0.2, 0.25) is 0 Å². The highest BCUT2D eigenvalue weighted by Crippen LogP contribution is 2.43. The van der Waals surface area contributed by atoms with Gasteiger partial charge in [-0.1, -0.05) is 24.3 Å². The molecule has 4 rings (SSSR count). The van der Waals surface area contributed by atoms with Crippen molar-refractivity contribution in [3.63, 3.8) is 0 Å². The van der Waals surface area contributed by atoms with Crippen LogP contribution >= 0.6 is 11.3 Å². The molecule has 1 unspecified atom stereocenters. The quantitative estimate of drug-likeness (QED) is 0.543. The van der Waals surface area contributed by atoms with Crippen molar-refractivity contribution in [3.05, 3.63) is 76.0 Å². The second kappa shape index (κ2) is 9.24. The fraction of sp³-hybridized carbons (Fsp3) is 0.217. The maximum Gasteiger partial charge on any atom is 0.284 e. The first-order valence-corrected chi connectivity index (χ1v) is 12.8. The first kappa shape index (κ1) is 22.8. The average Bonchev–Trinajstić information content (AvgIpc) is 3.48. The van der Waals surface area contributed by atoms with Gasteiger partial charge in [0.25, 0.3) is 5.91 Å². The zero-order valence-electron chi connectivity index (χ0n) is 18.3. The molecule has 33 heavy (non-hydrogen) atoms. The number of ether oxygens (including phenoxy) is 2. The third-order valence-corrected chi connectivity index (χ3v) is 6.64. The summed E-state index contributed by atoms with van der Waals surface area (Å²) in [7, 11) is -0.220. The van der Waals surface area contributed by atoms with E-state index in [1.165, 1.54) is 16.3 Å². The summed E-state index contributed by atoms with van der Waals surface area (Å²) >= 11 is 1.35. The minimum absolute atomic E-state index is 0.215. The van der Waals surface area contributed by atoms with Gasteiger partial charge in [-0.15, -0.1) is 11.3 Å². The van der Waals surface area contributed by atoms with Gasteiger partial charge < -0.3 is 9.47 Å². The number of thiophene rings is 1. The number of anilines is 1. The van der Waals surface area contributed by atoms with Crippen molar-refractivity contribution in [3.8, 4) is 11.5 Å². The number of hydrogen-bond acceptors (Lipinski definition) is 7. The number of benzene rings is 2. The summed E-state index contributed by atoms with van der Waals surface area (Å²) in [6, 6.07) is 15.5. The monoisotopic (exact) mass is 485 g/mol. The average molecular weight is 486 g/mol. The zero-order chi connectivity index (χ0) is 23.6. The van der Waals surface area contributed by atoms with Gasteiger partial charge in [-0.2, -0.15) is 5.10 Å². The number of amides is 1. The molecule has 172 valence electrons. The second-order valence-corrected chi connectivity index (χ2v) is 10.1. The number of sulfonamides is 1. The van der Waals surface area contributed by atoms with Crippen LogP contribution < -0.4 is 14.2 Å². The molecular weight excluding hydrogens is 462 g/mol. The van der Waals surface area contributed by atoms with Gasteiger partial charge >= 0.3 is 0 Å². The Labute approximate surface area is 196 Å². The third-order valence-electron chi connectivity index (χ3n) is 5.17. The Hall–Kier alpha value is -3.37. The highest BCUT2D eigenvalue weighted by molar-refractivity contribution is 7.92. The molecule has 0 bridgehead atoms. The van der Waals surface area contributed by atoms with E-state index in [1.54, 1.807) is 44.6 Å². The Bertz CT molecular complexity index is 1260. The Morgan fingerprint density at radius 3 is 2.27 bits per heavy atom. The Kier molecular flexibility index (Phi) is 6.39. The molecule has 0 saturated carbocycles. The molecule has 10 heteroatoms. The maximum absolute atomic E-state index is 13.3. The van der Waals surface area contributed by atoms with Gasteiger partial charge in [0.1, 0.15) is 11.5 Å². The Morgan fingerprint density at radius 1 is 1.06 bits per heavy atom. The van der Waals surface area contributed by atoms with E-state index in [0.717, 1.165) is 17.4 Å². The van der Waals surface area contributed by atoms with Gasteiger partial charge in [0.05, 0.1) is 42.7 Å². The van der Waals surface area contributed by atoms with Crippen molar-refractivity contribution in [2.24, 2.45) is 5.10 Å². The van der Waals surface area contributed by atoms with E-state index in [9.17, 15) is 13.2 Å². The molecule has 1 aliphatic heterocycles. The molecule has 1 aliphatic rings. The van der Waals surface area contributed by atoms with Crippen molar-refractivity contribution in [1.82, 2.24) is 5.01 Å². The first-order chi connectivity index (χ1) is 15.8. The lowest BCUT2D eigenvalue weighted by molar-refractivity contribution is 0.0712. The molecule has 1 N–H and O–H groups in total. The number of nitrogens with one attached hydrogen (secondary N) is 1. The summed E-state index contributed by atoms with van der Waals surface area (Å²) in [5.74, 6) is 0.994. The van der Waals surface area contributed by atoms with E-state index in [4.69, 9.17) is 9.47 Å². The SMILES string of the molecule is COc1cccc(OC)c1C1CC(c2ccc(NS(C)(=O)=O)cc2)=NN1C(=O)c1cccs1. The molecule has 0 aliphatic carbocycles. The van der Waals surface area contributed by atoms with Crippen molar-refractivity contribution in [2.75, 3.05) is 25.2 Å². The van der Waals surface area contributed by atoms with Gasteiger partial charge in [0.2, 0.25) is 10.0 Å². The topological polar surface area (TPSA) is 97.3 Å². The van der Waals surface area contributed by atoms with Crippen LogP contribution in [0.15, 0.2) is 65.1 Å². The van der Waals surface area contributed by atoms with Crippen LogP contribution in [-0.4, -0.2) is 45.5 Å². The number of rotatable bonds is 7. The highest BCUT2D eigenvalue weighted by Gasteiger charge is 2.37. The van der Waals surface area contributed by atoms with Crippen molar-refractivity contribution in [2.45, 2.75) is 12.5 Å². The number of hydrogen-bond donors (Lipinski definition) is 1. The minimum atomic E-state index is -3.37. The molecule has 2 heterocycles. The molecule has 1 amide bonds. The van der Waals surface area contributed by atoms with Gasteiger partial charge in [-0.25, -0.2) is 13.4 Å². The summed E-state index contributed by atoms with van der Waals surface area (Å²) in [5.41, 5.74) is 2.67. The molecule has 0 saturated heterocycles. The normalized spacial score (nSPS) is 15.8. The molecule has 3 aromatic rings. The molecule has 0 spiro atoms. The smallest absolute Gasteiger partial charge is 0.284 e. The summed E-state index contributed by atoms with van der Waals surface area (Å²) in [4.78, 5) is 13.9. The van der Waals surface area contributed by atoms with Crippen LogP contribution in [-0.2, 0) is 10.0 Å². The zero-order valence-corrected chi connectivity index (χ0v) is 19.9. The van der Waals surface area contributed by atoms with Gasteiger partial charge in [-0.3, -0.25) is 9.52 Å². The standard InChI is InChI=1S/C23H23N3O5S2/c1-30-19-6-4-7-20(31-2)22(19)18-14-17(24-26(18)23(27)21-8-5-13-32-21)15-9-11-16(12-10-15)25-33(3,28)29/h4-13,18,25H,14H2,1-3H3. The number of methoxy groups -OCH3 is 2. The lowest BCUT2D eigenvalue weighted by Crippen LogP contribution is -2.27. The number of nitrogens with zero attached hydrogens (tertiary/aromatic N) is 2. The molecule has 1 aromatic heterocycles. The summed E-state index contributed by atoms with van der Waals surface area (Å²) in [6.45, 7) is 0. The number of carbonyl (C=O) groups is 1. The molecule has 0 fully saturated rings. The minimum Gasteiger partial charge on any atom is -0.496 e. The largest absolute Gasteiger partial charge is 0.496 e. The predicted molar refractivity (Wildman–Crippen MR) is 129 cm³/mol. The van der Waals surface area contributed by atoms with Crippen LogP contribution in [0.5, 0.6) is 11.5 Å². The number of hydrazone groups is 1. The molecule has 1 atom stereocenters. The van der Waals surface area contributed by atoms with Crippen molar-refractivity contribution >= 4 is 38.7 Å². The lowest BCUT2D eigenvalue weighted by atomic mass is 9.96. The highest BCUT2D eigenvalue weighted by atomic mass is 32.2. The fourth-order valence-corrected chi connectivity index (χ4v) is 4.98. The lowest BCUT2D eigenvalue weighted by Gasteiger charge is -2.24. The summed E-state index contributed by atoms with van der Waals surface area (Å²) in [6.07, 6.45) is 1.54. The van der Waals surface area contributed by atoms with E-state index >= 15 is 0 Å². The predicted octanol–water partition coefficient (Wildman–Crippen LogP) is 4.13. The molecule has 8 nitrogen and oxygen atoms in total. The fourth-order valence-electron chi connectivity index (χ4n) is 3.76. The van der Waals surface area contributed by atoms with Gasteiger partial charge in [0.15, 0.2) is 0 Å². The van der Waals surface area contributed by atoms with Crippen LogP contribution in [0.25, 0.3) is 0 Å². The third kappa shape index (κ3) is 4.86. The van der Waals surface area contributed by atoms with E-state index in [-0.39, 0.29) is 5.91 Å². The summed E-state index contributed by atoms with van der Waals surface area (Å²) < 4.78 is 36.6. The van der Waals surface area contributed by atoms with Crippen molar-refractivity contribution in [1.29, 1.82) is 0 Å². The van der Waals surface area contributed by atoms with Gasteiger partial charge in [-0.05, 0) is 41.3 Å². The van der Waals surface area contributed by atoms with Crippen molar-refractivity contribution < 1.29 is 22.7 Å². The number of carbonyl (C=O) groups excluding carboxylic acids is 1. The molecule has 0 radical (unpaired) electrons. The second-order valence-electron chi connectivity index (χ2n) is 7.42. The van der Waals surface area contributed by atoms with Crippen LogP contribution in [0, 0.1) is 0 Å². The van der Waals surface area contributed by atoms with E-state index < -0.39 is 16.1 Å². The maximum atomic E-state index is 13.3. The molecule has 2 aromatic carbocycles. The van der Waals surface area contributed by atoms with E-state index in [1.807, 2.05) is 29.6 Å². The Balaban J connectivity index is 1.74. The van der Waals surface area contributed by atoms with Gasteiger partial charge in [0, 0.05) is 12.1 Å². The van der Waals surface area contributed by atoms with Crippen LogP contribution in [0.4, 0.5) is 5.69 Å². The summed E-state index contributed by atoms with van der Waals surface area (Å²) in [5, 5.41) is 8.01. The van der Waals surface area contributed by atoms with Crippen LogP contribution in [0.1, 0.15) is 33.3 Å². The Morgan fingerprint density at radius 2 is 1.73 bits per heavy atom. The van der Waals surface area contributed by atoms with Crippen LogP contribution in [0.3, 0.4) is 0 Å². The van der Waals surface area contributed by atoms with E-state index in [0.29, 0.717) is 34.2 Å².